The molecule has 0 aliphatic carbocycles. The third-order valence-electron chi connectivity index (χ3n) is 2.99. The summed E-state index contributed by atoms with van der Waals surface area (Å²) in [6.07, 6.45) is -1.13. The Morgan fingerprint density at radius 1 is 0.727 bits per heavy atom. The van der Waals surface area contributed by atoms with Crippen LogP contribution in [0.1, 0.15) is 0 Å². The van der Waals surface area contributed by atoms with Gasteiger partial charge in [-0.15, -0.1) is 0 Å². The highest BCUT2D eigenvalue weighted by molar-refractivity contribution is 5.97. The predicted octanol–water partition coefficient (Wildman–Crippen LogP) is 3.71. The van der Waals surface area contributed by atoms with E-state index in [1.54, 1.807) is 24.3 Å². The Labute approximate surface area is 128 Å². The summed E-state index contributed by atoms with van der Waals surface area (Å²) in [6, 6.07) is 14.4. The lowest BCUT2D eigenvalue weighted by atomic mass is 10.0. The van der Waals surface area contributed by atoms with Gasteiger partial charge in [-0.05, 0) is 12.1 Å². The van der Waals surface area contributed by atoms with Gasteiger partial charge in [0.1, 0.15) is 0 Å². The summed E-state index contributed by atoms with van der Waals surface area (Å²) >= 11 is 0. The maximum atomic E-state index is 11.5. The van der Waals surface area contributed by atoms with Crippen molar-refractivity contribution in [2.75, 3.05) is 24.9 Å². The number of anilines is 2. The zero-order valence-corrected chi connectivity index (χ0v) is 12.3. The minimum Gasteiger partial charge on any atom is -0.453 e. The van der Waals surface area contributed by atoms with Gasteiger partial charge in [-0.3, -0.25) is 10.6 Å². The predicted molar refractivity (Wildman–Crippen MR) is 83.9 cm³/mol. The minimum atomic E-state index is -0.564. The Morgan fingerprint density at radius 3 is 1.45 bits per heavy atom. The third kappa shape index (κ3) is 3.54. The van der Waals surface area contributed by atoms with E-state index in [0.29, 0.717) is 11.4 Å². The Morgan fingerprint density at radius 2 is 1.09 bits per heavy atom. The van der Waals surface area contributed by atoms with E-state index in [2.05, 4.69) is 20.1 Å². The van der Waals surface area contributed by atoms with Crippen LogP contribution in [0.25, 0.3) is 11.1 Å². The van der Waals surface area contributed by atoms with E-state index < -0.39 is 12.2 Å². The monoisotopic (exact) mass is 300 g/mol. The molecule has 0 spiro atoms. The Bertz CT molecular complexity index is 626. The summed E-state index contributed by atoms with van der Waals surface area (Å²) in [5.41, 5.74) is 2.65. The van der Waals surface area contributed by atoms with Gasteiger partial charge >= 0.3 is 12.2 Å². The number of rotatable bonds is 3. The lowest BCUT2D eigenvalue weighted by molar-refractivity contribution is 0.186. The second kappa shape index (κ2) is 7.12. The van der Waals surface area contributed by atoms with Gasteiger partial charge in [0.15, 0.2) is 0 Å². The van der Waals surface area contributed by atoms with Crippen LogP contribution in [0, 0.1) is 0 Å². The summed E-state index contributed by atoms with van der Waals surface area (Å²) in [6.45, 7) is 0. The van der Waals surface area contributed by atoms with Crippen LogP contribution in [-0.4, -0.2) is 26.4 Å². The van der Waals surface area contributed by atoms with E-state index in [0.717, 1.165) is 11.1 Å². The highest BCUT2D eigenvalue weighted by atomic mass is 16.5. The standard InChI is InChI=1S/C16H16N2O4/c1-21-15(19)17-13-9-5-3-7-11(13)12-8-4-6-10-14(12)18-16(20)22-2/h3-10H,1-2H3,(H,17,19)(H,18,20). The molecule has 0 bridgehead atoms. The first-order valence-electron chi connectivity index (χ1n) is 6.54. The number of amides is 2. The molecule has 6 heteroatoms. The molecule has 0 saturated carbocycles. The largest absolute Gasteiger partial charge is 0.453 e. The van der Waals surface area contributed by atoms with Crippen molar-refractivity contribution in [2.45, 2.75) is 0 Å². The van der Waals surface area contributed by atoms with Gasteiger partial charge in [0.25, 0.3) is 0 Å². The summed E-state index contributed by atoms with van der Waals surface area (Å²) in [5.74, 6) is 0. The number of carbonyl (C=O) groups excluding carboxylic acids is 2. The molecule has 2 aromatic carbocycles. The first-order chi connectivity index (χ1) is 10.7. The third-order valence-corrected chi connectivity index (χ3v) is 2.99. The number of carbonyl (C=O) groups is 2. The molecule has 2 N–H and O–H groups in total. The second-order valence-corrected chi connectivity index (χ2v) is 4.32. The van der Waals surface area contributed by atoms with Crippen molar-refractivity contribution in [1.29, 1.82) is 0 Å². The number of benzene rings is 2. The SMILES string of the molecule is COC(=O)Nc1ccccc1-c1ccccc1NC(=O)OC. The number of nitrogens with one attached hydrogen (secondary N) is 2. The molecule has 22 heavy (non-hydrogen) atoms. The fourth-order valence-corrected chi connectivity index (χ4v) is 1.98. The van der Waals surface area contributed by atoms with Crippen LogP contribution in [0.2, 0.25) is 0 Å². The maximum Gasteiger partial charge on any atom is 0.411 e. The molecule has 0 aliphatic rings. The van der Waals surface area contributed by atoms with Gasteiger partial charge in [0.05, 0.1) is 25.6 Å². The van der Waals surface area contributed by atoms with Crippen molar-refractivity contribution in [3.63, 3.8) is 0 Å². The van der Waals surface area contributed by atoms with Crippen LogP contribution in [0.4, 0.5) is 21.0 Å². The van der Waals surface area contributed by atoms with Crippen molar-refractivity contribution < 1.29 is 19.1 Å². The number of hydrogen-bond donors (Lipinski definition) is 2. The number of methoxy groups -OCH3 is 2. The number of hydrogen-bond acceptors (Lipinski definition) is 4. The fraction of sp³-hybridized carbons (Fsp3) is 0.125. The molecule has 0 saturated heterocycles. The molecular formula is C16H16N2O4. The summed E-state index contributed by atoms with van der Waals surface area (Å²) < 4.78 is 9.23. The summed E-state index contributed by atoms with van der Waals surface area (Å²) in [4.78, 5) is 22.9. The Balaban J connectivity index is 2.44. The topological polar surface area (TPSA) is 76.7 Å². The lowest BCUT2D eigenvalue weighted by Crippen LogP contribution is -2.13. The number of para-hydroxylation sites is 2. The van der Waals surface area contributed by atoms with Crippen LogP contribution < -0.4 is 10.6 Å². The van der Waals surface area contributed by atoms with Gasteiger partial charge in [-0.2, -0.15) is 0 Å². The first kappa shape index (κ1) is 15.4. The molecule has 0 radical (unpaired) electrons. The summed E-state index contributed by atoms with van der Waals surface area (Å²) in [5, 5.41) is 5.30. The van der Waals surface area contributed by atoms with Gasteiger partial charge in [-0.25, -0.2) is 9.59 Å². The molecule has 0 aromatic heterocycles. The van der Waals surface area contributed by atoms with Crippen LogP contribution in [0.5, 0.6) is 0 Å². The van der Waals surface area contributed by atoms with E-state index >= 15 is 0 Å². The molecular weight excluding hydrogens is 284 g/mol. The lowest BCUT2D eigenvalue weighted by Gasteiger charge is -2.14. The molecule has 0 fully saturated rings. The van der Waals surface area contributed by atoms with Gasteiger partial charge in [-0.1, -0.05) is 36.4 Å². The van der Waals surface area contributed by atoms with E-state index in [1.165, 1.54) is 14.2 Å². The first-order valence-corrected chi connectivity index (χ1v) is 6.54. The highest BCUT2D eigenvalue weighted by Gasteiger charge is 2.12. The number of ether oxygens (including phenoxy) is 2. The van der Waals surface area contributed by atoms with Crippen molar-refractivity contribution >= 4 is 23.6 Å². The smallest absolute Gasteiger partial charge is 0.411 e. The average molecular weight is 300 g/mol. The van der Waals surface area contributed by atoms with Crippen molar-refractivity contribution in [2.24, 2.45) is 0 Å². The molecule has 0 unspecified atom stereocenters. The quantitative estimate of drug-likeness (QED) is 0.906. The zero-order valence-electron chi connectivity index (χ0n) is 12.3. The van der Waals surface area contributed by atoms with E-state index in [4.69, 9.17) is 0 Å². The minimum absolute atomic E-state index is 0.564. The van der Waals surface area contributed by atoms with Crippen molar-refractivity contribution in [3.05, 3.63) is 48.5 Å². The molecule has 0 heterocycles. The maximum absolute atomic E-state index is 11.5. The molecule has 6 nitrogen and oxygen atoms in total. The average Bonchev–Trinajstić information content (AvgIpc) is 2.55. The normalized spacial score (nSPS) is 9.73. The van der Waals surface area contributed by atoms with Crippen LogP contribution in [0.15, 0.2) is 48.5 Å². The summed E-state index contributed by atoms with van der Waals surface area (Å²) in [7, 11) is 2.59. The van der Waals surface area contributed by atoms with Crippen LogP contribution in [-0.2, 0) is 9.47 Å². The molecule has 2 amide bonds. The van der Waals surface area contributed by atoms with Crippen LogP contribution >= 0.6 is 0 Å². The molecule has 0 atom stereocenters. The zero-order chi connectivity index (χ0) is 15.9. The van der Waals surface area contributed by atoms with Crippen molar-refractivity contribution in [1.82, 2.24) is 0 Å². The van der Waals surface area contributed by atoms with Crippen LogP contribution in [0.3, 0.4) is 0 Å². The van der Waals surface area contributed by atoms with Crippen molar-refractivity contribution in [3.8, 4) is 11.1 Å². The Hall–Kier alpha value is -3.02. The van der Waals surface area contributed by atoms with E-state index in [1.807, 2.05) is 24.3 Å². The molecule has 2 aromatic rings. The van der Waals surface area contributed by atoms with Gasteiger partial charge in [0, 0.05) is 11.1 Å². The van der Waals surface area contributed by atoms with Gasteiger partial charge < -0.3 is 9.47 Å². The fourth-order valence-electron chi connectivity index (χ4n) is 1.98. The highest BCUT2D eigenvalue weighted by Crippen LogP contribution is 2.33. The Kier molecular flexibility index (Phi) is 4.98. The molecule has 2 rings (SSSR count). The second-order valence-electron chi connectivity index (χ2n) is 4.32. The van der Waals surface area contributed by atoms with E-state index in [-0.39, 0.29) is 0 Å². The molecule has 0 aliphatic heterocycles. The van der Waals surface area contributed by atoms with Gasteiger partial charge in [0.2, 0.25) is 0 Å². The molecule has 114 valence electrons. The van der Waals surface area contributed by atoms with E-state index in [9.17, 15) is 9.59 Å².